The van der Waals surface area contributed by atoms with Gasteiger partial charge in [-0.05, 0) is 65.9 Å². The first-order chi connectivity index (χ1) is 16.2. The molecule has 35 heavy (non-hydrogen) atoms. The molecule has 198 valence electrons. The fourth-order valence-corrected chi connectivity index (χ4v) is 4.61. The average molecular weight is 495 g/mol. The van der Waals surface area contributed by atoms with Gasteiger partial charge in [-0.3, -0.25) is 9.59 Å². The lowest BCUT2D eigenvalue weighted by atomic mass is 9.77. The molecule has 0 aromatic heterocycles. The predicted molar refractivity (Wildman–Crippen MR) is 130 cm³/mol. The maximum atomic E-state index is 13.2. The van der Waals surface area contributed by atoms with Crippen molar-refractivity contribution in [3.63, 3.8) is 0 Å². The SMILES string of the molecule is C/C=C(\C)C(=O)O[C@H]1[C@H](C(C)C)[C@H](OC(=O)[C@H](C)[C@H](C)OC(C)=O)[C@H]2O[C@]2(C)CC/C=C(\C)[C@H]1O. The van der Waals surface area contributed by atoms with E-state index in [0.717, 1.165) is 0 Å². The van der Waals surface area contributed by atoms with Gasteiger partial charge in [0, 0.05) is 18.4 Å². The van der Waals surface area contributed by atoms with Crippen molar-refractivity contribution in [3.05, 3.63) is 23.3 Å². The second-order valence-corrected chi connectivity index (χ2v) is 10.5. The standard InChI is InChI=1S/C27H42O8/c1-10-15(4)25(30)33-22-20(14(2)3)23(34-26(31)17(6)18(7)32-19(8)28)24-27(9,35-24)13-11-12-16(5)21(22)29/h10,12,14,17-18,20-24,29H,11,13H2,1-9H3/b15-10+,16-12+/t17-,18+,20+,21-,22+,23+,24-,27-/m1/s1. The van der Waals surface area contributed by atoms with Crippen LogP contribution in [-0.2, 0) is 33.3 Å². The van der Waals surface area contributed by atoms with Crippen LogP contribution in [0.3, 0.4) is 0 Å². The highest BCUT2D eigenvalue weighted by Gasteiger charge is 2.61. The molecule has 1 heterocycles. The smallest absolute Gasteiger partial charge is 0.333 e. The lowest BCUT2D eigenvalue weighted by Crippen LogP contribution is -2.51. The summed E-state index contributed by atoms with van der Waals surface area (Å²) >= 11 is 0. The zero-order chi connectivity index (χ0) is 26.7. The molecule has 8 atom stereocenters. The Hall–Kier alpha value is -2.19. The van der Waals surface area contributed by atoms with E-state index in [0.29, 0.717) is 24.0 Å². The zero-order valence-electron chi connectivity index (χ0n) is 22.5. The molecular weight excluding hydrogens is 452 g/mol. The number of rotatable bonds is 7. The van der Waals surface area contributed by atoms with Crippen molar-refractivity contribution >= 4 is 17.9 Å². The molecule has 0 spiro atoms. The number of esters is 3. The summed E-state index contributed by atoms with van der Waals surface area (Å²) in [6.45, 7) is 15.6. The van der Waals surface area contributed by atoms with Crippen LogP contribution in [-0.4, -0.2) is 59.1 Å². The van der Waals surface area contributed by atoms with Gasteiger partial charge >= 0.3 is 17.9 Å². The van der Waals surface area contributed by atoms with Crippen LogP contribution >= 0.6 is 0 Å². The minimum Gasteiger partial charge on any atom is -0.462 e. The number of hydrogen-bond acceptors (Lipinski definition) is 8. The van der Waals surface area contributed by atoms with Gasteiger partial charge in [0.15, 0.2) is 0 Å². The highest BCUT2D eigenvalue weighted by atomic mass is 16.6. The second kappa shape index (κ2) is 11.7. The zero-order valence-corrected chi connectivity index (χ0v) is 22.5. The number of aliphatic hydroxyl groups excluding tert-OH is 1. The third-order valence-corrected chi connectivity index (χ3v) is 7.33. The Kier molecular flexibility index (Phi) is 9.71. The molecule has 8 nitrogen and oxygen atoms in total. The van der Waals surface area contributed by atoms with Crippen LogP contribution in [0.1, 0.15) is 75.2 Å². The topological polar surface area (TPSA) is 112 Å². The van der Waals surface area contributed by atoms with Crippen LogP contribution in [0.4, 0.5) is 0 Å². The van der Waals surface area contributed by atoms with Crippen LogP contribution in [0.2, 0.25) is 0 Å². The molecule has 0 amide bonds. The summed E-state index contributed by atoms with van der Waals surface area (Å²) < 4.78 is 23.2. The van der Waals surface area contributed by atoms with Crippen LogP contribution in [0.25, 0.3) is 0 Å². The Morgan fingerprint density at radius 3 is 2.31 bits per heavy atom. The minimum atomic E-state index is -1.07. The highest BCUT2D eigenvalue weighted by Crippen LogP contribution is 2.48. The molecule has 8 heteroatoms. The molecule has 0 radical (unpaired) electrons. The van der Waals surface area contributed by atoms with Crippen molar-refractivity contribution in [1.82, 2.24) is 0 Å². The van der Waals surface area contributed by atoms with E-state index >= 15 is 0 Å². The van der Waals surface area contributed by atoms with Gasteiger partial charge in [0.1, 0.15) is 30.5 Å². The van der Waals surface area contributed by atoms with Crippen LogP contribution in [0.5, 0.6) is 0 Å². The van der Waals surface area contributed by atoms with Gasteiger partial charge in [-0.2, -0.15) is 0 Å². The first kappa shape index (κ1) is 29.0. The van der Waals surface area contributed by atoms with Crippen LogP contribution < -0.4 is 0 Å². The number of aliphatic hydroxyl groups is 1. The maximum absolute atomic E-state index is 13.2. The van der Waals surface area contributed by atoms with E-state index in [1.54, 1.807) is 33.8 Å². The molecular formula is C27H42O8. The van der Waals surface area contributed by atoms with Gasteiger partial charge in [0.25, 0.3) is 0 Å². The molecule has 0 aromatic rings. The molecule has 1 aliphatic carbocycles. The van der Waals surface area contributed by atoms with Gasteiger partial charge < -0.3 is 24.1 Å². The van der Waals surface area contributed by atoms with Crippen LogP contribution in [0.15, 0.2) is 23.3 Å². The van der Waals surface area contributed by atoms with Gasteiger partial charge in [0.05, 0.1) is 11.5 Å². The van der Waals surface area contributed by atoms with E-state index in [1.807, 2.05) is 33.8 Å². The summed E-state index contributed by atoms with van der Waals surface area (Å²) in [5.41, 5.74) is 0.606. The summed E-state index contributed by atoms with van der Waals surface area (Å²) in [7, 11) is 0. The Labute approximate surface area is 209 Å². The first-order valence-corrected chi connectivity index (χ1v) is 12.5. The van der Waals surface area contributed by atoms with Crippen molar-refractivity contribution in [2.24, 2.45) is 17.8 Å². The van der Waals surface area contributed by atoms with Crippen molar-refractivity contribution in [2.45, 2.75) is 111 Å². The monoisotopic (exact) mass is 494 g/mol. The van der Waals surface area contributed by atoms with E-state index in [9.17, 15) is 19.5 Å². The van der Waals surface area contributed by atoms with E-state index in [4.69, 9.17) is 18.9 Å². The van der Waals surface area contributed by atoms with Crippen molar-refractivity contribution in [1.29, 1.82) is 0 Å². The Bertz CT molecular complexity index is 859. The highest BCUT2D eigenvalue weighted by molar-refractivity contribution is 5.87. The summed E-state index contributed by atoms with van der Waals surface area (Å²) in [4.78, 5) is 37.4. The normalized spacial score (nSPS) is 34.5. The lowest BCUT2D eigenvalue weighted by molar-refractivity contribution is -0.176. The molecule has 0 aromatic carbocycles. The lowest BCUT2D eigenvalue weighted by Gasteiger charge is -2.39. The predicted octanol–water partition coefficient (Wildman–Crippen LogP) is 3.89. The number of carbonyl (C=O) groups excluding carboxylic acids is 3. The summed E-state index contributed by atoms with van der Waals surface area (Å²) in [6, 6.07) is 0. The quantitative estimate of drug-likeness (QED) is 0.187. The maximum Gasteiger partial charge on any atom is 0.333 e. The minimum absolute atomic E-state index is 0.131. The van der Waals surface area contributed by atoms with Crippen molar-refractivity contribution < 1.29 is 38.4 Å². The number of fused-ring (bicyclic) bond motifs is 1. The molecule has 0 saturated carbocycles. The largest absolute Gasteiger partial charge is 0.462 e. The van der Waals surface area contributed by atoms with E-state index in [2.05, 4.69) is 0 Å². The summed E-state index contributed by atoms with van der Waals surface area (Å²) in [5.74, 6) is -2.95. The average Bonchev–Trinajstić information content (AvgIpc) is 3.45. The van der Waals surface area contributed by atoms with Gasteiger partial charge in [-0.1, -0.05) is 26.0 Å². The third kappa shape index (κ3) is 6.94. The van der Waals surface area contributed by atoms with E-state index in [1.165, 1.54) is 6.92 Å². The van der Waals surface area contributed by atoms with Crippen molar-refractivity contribution in [2.75, 3.05) is 0 Å². The van der Waals surface area contributed by atoms with Gasteiger partial charge in [-0.15, -0.1) is 0 Å². The third-order valence-electron chi connectivity index (χ3n) is 7.33. The second-order valence-electron chi connectivity index (χ2n) is 10.5. The van der Waals surface area contributed by atoms with E-state index < -0.39 is 65.9 Å². The molecule has 2 rings (SSSR count). The number of epoxide rings is 1. The summed E-state index contributed by atoms with van der Waals surface area (Å²) in [6.07, 6.45) is 1.06. The summed E-state index contributed by atoms with van der Waals surface area (Å²) in [5, 5.41) is 11.3. The number of carbonyl (C=O) groups is 3. The number of ether oxygens (including phenoxy) is 4. The fourth-order valence-electron chi connectivity index (χ4n) is 4.61. The molecule has 2 aliphatic rings. The number of hydrogen-bond donors (Lipinski definition) is 1. The molecule has 1 N–H and O–H groups in total. The number of allylic oxidation sites excluding steroid dienone is 2. The van der Waals surface area contributed by atoms with Gasteiger partial charge in [0.2, 0.25) is 0 Å². The fraction of sp³-hybridized carbons (Fsp3) is 0.741. The Morgan fingerprint density at radius 1 is 1.14 bits per heavy atom. The molecule has 0 unspecified atom stereocenters. The van der Waals surface area contributed by atoms with Gasteiger partial charge in [-0.25, -0.2) is 4.79 Å². The molecule has 1 saturated heterocycles. The van der Waals surface area contributed by atoms with Crippen molar-refractivity contribution in [3.8, 4) is 0 Å². The van der Waals surface area contributed by atoms with Crippen LogP contribution in [0, 0.1) is 17.8 Å². The molecule has 0 bridgehead atoms. The Balaban J connectivity index is 2.49. The molecule has 1 fully saturated rings. The Morgan fingerprint density at radius 2 is 1.77 bits per heavy atom. The van der Waals surface area contributed by atoms with E-state index in [-0.39, 0.29) is 5.92 Å². The first-order valence-electron chi connectivity index (χ1n) is 12.5. The molecule has 1 aliphatic heterocycles.